The maximum absolute atomic E-state index is 14.9. The van der Waals surface area contributed by atoms with Crippen LogP contribution < -0.4 is 24.8 Å². The van der Waals surface area contributed by atoms with Gasteiger partial charge in [0, 0.05) is 11.8 Å². The number of anilines is 2. The second-order valence-electron chi connectivity index (χ2n) is 8.80. The topological polar surface area (TPSA) is 77.5 Å². The molecule has 0 radical (unpaired) electrons. The van der Waals surface area contributed by atoms with Gasteiger partial charge in [-0.25, -0.2) is 18.7 Å². The zero-order valence-corrected chi connectivity index (χ0v) is 19.5. The number of benzene rings is 2. The first kappa shape index (κ1) is 23.3. The molecule has 0 unspecified atom stereocenters. The molecule has 1 aliphatic heterocycles. The van der Waals surface area contributed by atoms with Crippen molar-refractivity contribution in [3.8, 4) is 17.2 Å². The Kier molecular flexibility index (Phi) is 6.94. The fourth-order valence-electron chi connectivity index (χ4n) is 4.15. The molecule has 2 heterocycles. The molecule has 0 spiro atoms. The molecule has 1 saturated heterocycles. The van der Waals surface area contributed by atoms with E-state index in [-0.39, 0.29) is 29.9 Å². The van der Waals surface area contributed by atoms with Crippen molar-refractivity contribution < 1.29 is 23.0 Å². The van der Waals surface area contributed by atoms with Crippen LogP contribution in [0.1, 0.15) is 42.7 Å². The monoisotopic (exact) mass is 482 g/mol. The van der Waals surface area contributed by atoms with E-state index in [0.717, 1.165) is 50.2 Å². The van der Waals surface area contributed by atoms with Crippen LogP contribution in [0.15, 0.2) is 42.7 Å². The molecular formula is C26H28F2N4O3. The molecule has 0 amide bonds. The molecule has 5 rings (SSSR count). The summed E-state index contributed by atoms with van der Waals surface area (Å²) in [6.45, 7) is 1.63. The van der Waals surface area contributed by atoms with Gasteiger partial charge in [0.15, 0.2) is 17.3 Å². The molecule has 184 valence electrons. The molecule has 0 bridgehead atoms. The first-order valence-electron chi connectivity index (χ1n) is 11.8. The highest BCUT2D eigenvalue weighted by Crippen LogP contribution is 2.44. The Balaban J connectivity index is 1.22. The second-order valence-corrected chi connectivity index (χ2v) is 8.80. The Hall–Kier alpha value is -3.46. The molecule has 1 saturated carbocycles. The molecule has 7 nitrogen and oxygen atoms in total. The molecule has 2 N–H and O–H groups in total. The number of hydrogen-bond donors (Lipinski definition) is 2. The minimum absolute atomic E-state index is 0.0223. The minimum atomic E-state index is -0.750. The van der Waals surface area contributed by atoms with E-state index in [4.69, 9.17) is 14.2 Å². The summed E-state index contributed by atoms with van der Waals surface area (Å²) in [6, 6.07) is 9.08. The van der Waals surface area contributed by atoms with Crippen molar-refractivity contribution in [1.82, 2.24) is 15.3 Å². The fraction of sp³-hybridized carbons (Fsp3) is 0.385. The Morgan fingerprint density at radius 2 is 1.77 bits per heavy atom. The van der Waals surface area contributed by atoms with Gasteiger partial charge >= 0.3 is 0 Å². The first-order valence-corrected chi connectivity index (χ1v) is 11.8. The Bertz CT molecular complexity index is 1170. The van der Waals surface area contributed by atoms with Gasteiger partial charge in [0.05, 0.1) is 25.1 Å². The van der Waals surface area contributed by atoms with Crippen molar-refractivity contribution in [3.05, 3.63) is 65.5 Å². The summed E-state index contributed by atoms with van der Waals surface area (Å²) in [5, 5.41) is 6.46. The lowest BCUT2D eigenvalue weighted by atomic mass is 10.0. The summed E-state index contributed by atoms with van der Waals surface area (Å²) in [5.74, 6) is 0.264. The van der Waals surface area contributed by atoms with E-state index in [1.807, 2.05) is 24.3 Å². The molecule has 3 aromatic rings. The number of hydrogen-bond acceptors (Lipinski definition) is 7. The van der Waals surface area contributed by atoms with Crippen LogP contribution >= 0.6 is 0 Å². The van der Waals surface area contributed by atoms with E-state index in [1.165, 1.54) is 25.6 Å². The average Bonchev–Trinajstić information content (AvgIpc) is 3.71. The number of nitrogens with zero attached hydrogens (tertiary/aromatic N) is 2. The molecular weight excluding hydrogens is 454 g/mol. The maximum Gasteiger partial charge on any atom is 0.227 e. The zero-order chi connectivity index (χ0) is 24.2. The fourth-order valence-corrected chi connectivity index (χ4v) is 4.15. The standard InChI is InChI=1S/C26H28F2N4O3/c1-33-23-12-21(16-5-6-16)24(27)22(25(23)28)15-34-20-13-30-26(31-14-20)32-17-3-2-4-19(11-17)35-18-7-9-29-10-8-18/h2-4,11-14,16,18,29H,5-10,15H2,1H3,(H,30,31,32). The summed E-state index contributed by atoms with van der Waals surface area (Å²) < 4.78 is 46.4. The van der Waals surface area contributed by atoms with E-state index < -0.39 is 11.6 Å². The number of piperidine rings is 1. The molecule has 35 heavy (non-hydrogen) atoms. The zero-order valence-electron chi connectivity index (χ0n) is 19.5. The highest BCUT2D eigenvalue weighted by molar-refractivity contribution is 5.55. The van der Waals surface area contributed by atoms with Gasteiger partial charge in [0.25, 0.3) is 0 Å². The van der Waals surface area contributed by atoms with E-state index in [2.05, 4.69) is 20.6 Å². The number of aromatic nitrogens is 2. The van der Waals surface area contributed by atoms with Crippen LogP contribution in [0.4, 0.5) is 20.4 Å². The van der Waals surface area contributed by atoms with Crippen molar-refractivity contribution in [2.24, 2.45) is 0 Å². The van der Waals surface area contributed by atoms with Gasteiger partial charge in [-0.15, -0.1) is 0 Å². The molecule has 2 aromatic carbocycles. The Labute approximate surface area is 202 Å². The molecule has 9 heteroatoms. The smallest absolute Gasteiger partial charge is 0.227 e. The van der Waals surface area contributed by atoms with Gasteiger partial charge in [0.1, 0.15) is 24.3 Å². The van der Waals surface area contributed by atoms with E-state index in [9.17, 15) is 8.78 Å². The second kappa shape index (κ2) is 10.4. The largest absolute Gasteiger partial charge is 0.494 e. The van der Waals surface area contributed by atoms with Crippen molar-refractivity contribution in [3.63, 3.8) is 0 Å². The van der Waals surface area contributed by atoms with Crippen molar-refractivity contribution >= 4 is 11.6 Å². The molecule has 0 atom stereocenters. The normalized spacial score (nSPS) is 16.1. The third-order valence-corrected chi connectivity index (χ3v) is 6.21. The predicted octanol–water partition coefficient (Wildman–Crippen LogP) is 5.09. The van der Waals surface area contributed by atoms with Gasteiger partial charge in [-0.2, -0.15) is 0 Å². The highest BCUT2D eigenvalue weighted by atomic mass is 19.1. The van der Waals surface area contributed by atoms with Crippen molar-refractivity contribution in [2.75, 3.05) is 25.5 Å². The Morgan fingerprint density at radius 1 is 1.00 bits per heavy atom. The lowest BCUT2D eigenvalue weighted by Crippen LogP contribution is -2.34. The van der Waals surface area contributed by atoms with E-state index >= 15 is 0 Å². The van der Waals surface area contributed by atoms with Gasteiger partial charge in [-0.05, 0) is 68.5 Å². The summed E-state index contributed by atoms with van der Waals surface area (Å²) in [7, 11) is 1.37. The lowest BCUT2D eigenvalue weighted by Gasteiger charge is -2.24. The highest BCUT2D eigenvalue weighted by Gasteiger charge is 2.31. The van der Waals surface area contributed by atoms with E-state index in [0.29, 0.717) is 17.3 Å². The summed E-state index contributed by atoms with van der Waals surface area (Å²) in [5.41, 5.74) is 1.11. The Morgan fingerprint density at radius 3 is 2.49 bits per heavy atom. The SMILES string of the molecule is COc1cc(C2CC2)c(F)c(COc2cnc(Nc3cccc(OC4CCNCC4)c3)nc2)c1F. The lowest BCUT2D eigenvalue weighted by molar-refractivity contribution is 0.162. The number of methoxy groups -OCH3 is 1. The quantitative estimate of drug-likeness (QED) is 0.440. The number of rotatable bonds is 9. The predicted molar refractivity (Wildman–Crippen MR) is 127 cm³/mol. The molecule has 2 aliphatic rings. The molecule has 1 aromatic heterocycles. The average molecular weight is 483 g/mol. The molecule has 1 aliphatic carbocycles. The number of ether oxygens (including phenoxy) is 3. The van der Waals surface area contributed by atoms with E-state index in [1.54, 1.807) is 0 Å². The van der Waals surface area contributed by atoms with Gasteiger partial charge in [-0.1, -0.05) is 6.07 Å². The van der Waals surface area contributed by atoms with Crippen LogP contribution in [0.3, 0.4) is 0 Å². The van der Waals surface area contributed by atoms with Gasteiger partial charge < -0.3 is 24.8 Å². The van der Waals surface area contributed by atoms with Crippen LogP contribution in [0, 0.1) is 11.6 Å². The minimum Gasteiger partial charge on any atom is -0.494 e. The maximum atomic E-state index is 14.9. The van der Waals surface area contributed by atoms with Crippen LogP contribution in [0.2, 0.25) is 0 Å². The van der Waals surface area contributed by atoms with Gasteiger partial charge in [0.2, 0.25) is 5.95 Å². The van der Waals surface area contributed by atoms with Crippen LogP contribution in [-0.4, -0.2) is 36.3 Å². The van der Waals surface area contributed by atoms with Gasteiger partial charge in [-0.3, -0.25) is 0 Å². The van der Waals surface area contributed by atoms with Crippen LogP contribution in [0.5, 0.6) is 17.2 Å². The third kappa shape index (κ3) is 5.62. The van der Waals surface area contributed by atoms with Crippen LogP contribution in [-0.2, 0) is 6.61 Å². The number of nitrogens with one attached hydrogen (secondary N) is 2. The van der Waals surface area contributed by atoms with Crippen molar-refractivity contribution in [2.45, 2.75) is 44.3 Å². The third-order valence-electron chi connectivity index (χ3n) is 6.21. The summed E-state index contributed by atoms with van der Waals surface area (Å²) in [6.07, 6.45) is 6.87. The summed E-state index contributed by atoms with van der Waals surface area (Å²) >= 11 is 0. The number of halogens is 2. The van der Waals surface area contributed by atoms with Crippen LogP contribution in [0.25, 0.3) is 0 Å². The molecule has 2 fully saturated rings. The summed E-state index contributed by atoms with van der Waals surface area (Å²) in [4.78, 5) is 8.51. The first-order chi connectivity index (χ1) is 17.1. The van der Waals surface area contributed by atoms with Crippen molar-refractivity contribution in [1.29, 1.82) is 0 Å².